The molecule has 3 N–H and O–H groups in total. The van der Waals surface area contributed by atoms with Crippen LogP contribution >= 0.6 is 0 Å². The molecular weight excluding hydrogens is 366 g/mol. The van der Waals surface area contributed by atoms with Gasteiger partial charge in [-0.05, 0) is 30.5 Å². The standard InChI is InChI=1S/C23H29N3O3/c1-15(2)25-23(29)24-13-20-22(21(14-27)26(20)16(3)28)19-11-9-18(10-12-19)17-7-5-4-6-8-17/h4-12,15,20-22,27H,13-14H2,1-3H3,(H2,24,25,29)/t20-,21+,22+/m0/s1. The average Bonchev–Trinajstić information content (AvgIpc) is 2.67. The van der Waals surface area contributed by atoms with Crippen molar-refractivity contribution in [3.63, 3.8) is 0 Å². The third-order valence-electron chi connectivity index (χ3n) is 5.39. The molecule has 0 aliphatic carbocycles. The van der Waals surface area contributed by atoms with Crippen LogP contribution in [0.1, 0.15) is 32.3 Å². The van der Waals surface area contributed by atoms with Gasteiger partial charge in [0.25, 0.3) is 0 Å². The highest BCUT2D eigenvalue weighted by Crippen LogP contribution is 2.41. The second-order valence-electron chi connectivity index (χ2n) is 7.77. The van der Waals surface area contributed by atoms with Gasteiger partial charge in [0.05, 0.1) is 18.7 Å². The number of hydrogen-bond acceptors (Lipinski definition) is 3. The van der Waals surface area contributed by atoms with Gasteiger partial charge in [0.1, 0.15) is 0 Å². The Morgan fingerprint density at radius 1 is 1.00 bits per heavy atom. The Labute approximate surface area is 171 Å². The Balaban J connectivity index is 1.78. The zero-order valence-corrected chi connectivity index (χ0v) is 17.1. The lowest BCUT2D eigenvalue weighted by Gasteiger charge is -2.54. The van der Waals surface area contributed by atoms with E-state index in [0.29, 0.717) is 6.54 Å². The van der Waals surface area contributed by atoms with Gasteiger partial charge < -0.3 is 20.6 Å². The molecule has 3 rings (SSSR count). The molecule has 6 heteroatoms. The van der Waals surface area contributed by atoms with Gasteiger partial charge in [-0.2, -0.15) is 0 Å². The molecule has 6 nitrogen and oxygen atoms in total. The molecule has 1 saturated heterocycles. The van der Waals surface area contributed by atoms with Gasteiger partial charge in [0.15, 0.2) is 0 Å². The summed E-state index contributed by atoms with van der Waals surface area (Å²) in [5, 5.41) is 15.5. The minimum atomic E-state index is -0.282. The summed E-state index contributed by atoms with van der Waals surface area (Å²) in [5.74, 6) is -0.134. The van der Waals surface area contributed by atoms with Crippen molar-refractivity contribution in [2.24, 2.45) is 0 Å². The number of benzene rings is 2. The van der Waals surface area contributed by atoms with Crippen molar-refractivity contribution in [3.8, 4) is 11.1 Å². The fraction of sp³-hybridized carbons (Fsp3) is 0.391. The minimum Gasteiger partial charge on any atom is -0.394 e. The molecule has 3 atom stereocenters. The maximum Gasteiger partial charge on any atom is 0.315 e. The van der Waals surface area contributed by atoms with Gasteiger partial charge in [0.2, 0.25) is 5.91 Å². The van der Waals surface area contributed by atoms with Crippen LogP contribution in [-0.4, -0.2) is 53.2 Å². The van der Waals surface area contributed by atoms with Crippen molar-refractivity contribution in [2.45, 2.75) is 44.8 Å². The molecule has 1 aliphatic rings. The van der Waals surface area contributed by atoms with Crippen LogP contribution in [0.2, 0.25) is 0 Å². The number of carbonyl (C=O) groups excluding carboxylic acids is 2. The fourth-order valence-corrected chi connectivity index (χ4v) is 4.12. The van der Waals surface area contributed by atoms with E-state index in [-0.39, 0.29) is 42.6 Å². The van der Waals surface area contributed by atoms with Crippen molar-refractivity contribution in [1.82, 2.24) is 15.5 Å². The van der Waals surface area contributed by atoms with Gasteiger partial charge in [-0.3, -0.25) is 4.79 Å². The van der Waals surface area contributed by atoms with Crippen molar-refractivity contribution < 1.29 is 14.7 Å². The molecule has 0 saturated carbocycles. The highest BCUT2D eigenvalue weighted by atomic mass is 16.3. The number of likely N-dealkylation sites (tertiary alicyclic amines) is 1. The summed E-state index contributed by atoms with van der Waals surface area (Å²) in [6.07, 6.45) is 0. The number of aliphatic hydroxyl groups excluding tert-OH is 1. The van der Waals surface area contributed by atoms with Crippen molar-refractivity contribution in [2.75, 3.05) is 13.2 Å². The number of rotatable bonds is 6. The number of urea groups is 1. The predicted octanol–water partition coefficient (Wildman–Crippen LogP) is 2.74. The van der Waals surface area contributed by atoms with Crippen LogP contribution in [0.4, 0.5) is 4.79 Å². The number of hydrogen-bond donors (Lipinski definition) is 3. The van der Waals surface area contributed by atoms with E-state index in [1.54, 1.807) is 4.90 Å². The summed E-state index contributed by atoms with van der Waals surface area (Å²) in [6.45, 7) is 5.51. The van der Waals surface area contributed by atoms with E-state index in [2.05, 4.69) is 34.9 Å². The molecule has 29 heavy (non-hydrogen) atoms. The van der Waals surface area contributed by atoms with E-state index in [4.69, 9.17) is 0 Å². The highest BCUT2D eigenvalue weighted by Gasteiger charge is 2.49. The number of nitrogens with zero attached hydrogens (tertiary/aromatic N) is 1. The van der Waals surface area contributed by atoms with Crippen LogP contribution < -0.4 is 10.6 Å². The quantitative estimate of drug-likeness (QED) is 0.703. The largest absolute Gasteiger partial charge is 0.394 e. The second kappa shape index (κ2) is 9.09. The fourth-order valence-electron chi connectivity index (χ4n) is 4.12. The molecular formula is C23H29N3O3. The Bertz CT molecular complexity index is 836. The van der Waals surface area contributed by atoms with Gasteiger partial charge >= 0.3 is 6.03 Å². The monoisotopic (exact) mass is 395 g/mol. The third kappa shape index (κ3) is 4.59. The summed E-state index contributed by atoms with van der Waals surface area (Å²) in [4.78, 5) is 25.8. The molecule has 2 aromatic rings. The summed E-state index contributed by atoms with van der Waals surface area (Å²) in [6, 6.07) is 17.7. The number of carbonyl (C=O) groups is 2. The highest BCUT2D eigenvalue weighted by molar-refractivity contribution is 5.77. The van der Waals surface area contributed by atoms with E-state index < -0.39 is 0 Å². The Kier molecular flexibility index (Phi) is 6.54. The molecule has 0 aromatic heterocycles. The maximum atomic E-state index is 12.1. The Morgan fingerprint density at radius 3 is 2.17 bits per heavy atom. The zero-order valence-electron chi connectivity index (χ0n) is 17.1. The van der Waals surface area contributed by atoms with Crippen LogP contribution in [0.15, 0.2) is 54.6 Å². The first-order chi connectivity index (χ1) is 13.9. The van der Waals surface area contributed by atoms with Crippen LogP contribution in [0.3, 0.4) is 0 Å². The first-order valence-electron chi connectivity index (χ1n) is 10.0. The van der Waals surface area contributed by atoms with E-state index >= 15 is 0 Å². The van der Waals surface area contributed by atoms with Crippen LogP contribution in [0.25, 0.3) is 11.1 Å². The van der Waals surface area contributed by atoms with E-state index in [1.807, 2.05) is 44.2 Å². The average molecular weight is 396 g/mol. The zero-order chi connectivity index (χ0) is 21.0. The Morgan fingerprint density at radius 2 is 1.62 bits per heavy atom. The Hall–Kier alpha value is -2.86. The lowest BCUT2D eigenvalue weighted by atomic mass is 9.74. The van der Waals surface area contributed by atoms with Gasteiger partial charge in [-0.1, -0.05) is 54.6 Å². The lowest BCUT2D eigenvalue weighted by Crippen LogP contribution is -2.68. The molecule has 2 aromatic carbocycles. The third-order valence-corrected chi connectivity index (χ3v) is 5.39. The van der Waals surface area contributed by atoms with Gasteiger partial charge in [-0.25, -0.2) is 4.79 Å². The first-order valence-corrected chi connectivity index (χ1v) is 10.0. The molecule has 0 bridgehead atoms. The normalized spacial score (nSPS) is 20.9. The minimum absolute atomic E-state index is 0.0341. The lowest BCUT2D eigenvalue weighted by molar-refractivity contribution is -0.147. The molecule has 1 aliphatic heterocycles. The number of aliphatic hydroxyl groups is 1. The van der Waals surface area contributed by atoms with Crippen molar-refractivity contribution in [1.29, 1.82) is 0 Å². The molecule has 3 amide bonds. The molecule has 0 spiro atoms. The number of nitrogens with one attached hydrogen (secondary N) is 2. The molecule has 154 valence electrons. The topological polar surface area (TPSA) is 81.7 Å². The van der Waals surface area contributed by atoms with Crippen LogP contribution in [-0.2, 0) is 4.79 Å². The molecule has 0 unspecified atom stereocenters. The van der Waals surface area contributed by atoms with E-state index in [1.165, 1.54) is 6.92 Å². The number of amides is 3. The predicted molar refractivity (Wildman–Crippen MR) is 113 cm³/mol. The smallest absolute Gasteiger partial charge is 0.315 e. The van der Waals surface area contributed by atoms with Crippen molar-refractivity contribution in [3.05, 3.63) is 60.2 Å². The first kappa shape index (κ1) is 20.9. The van der Waals surface area contributed by atoms with Crippen LogP contribution in [0, 0.1) is 0 Å². The molecule has 0 radical (unpaired) electrons. The van der Waals surface area contributed by atoms with Crippen molar-refractivity contribution >= 4 is 11.9 Å². The van der Waals surface area contributed by atoms with E-state index in [0.717, 1.165) is 16.7 Å². The molecule has 1 fully saturated rings. The summed E-state index contributed by atoms with van der Waals surface area (Å²) >= 11 is 0. The summed E-state index contributed by atoms with van der Waals surface area (Å²) in [7, 11) is 0. The summed E-state index contributed by atoms with van der Waals surface area (Å²) < 4.78 is 0. The van der Waals surface area contributed by atoms with E-state index in [9.17, 15) is 14.7 Å². The summed E-state index contributed by atoms with van der Waals surface area (Å²) in [5.41, 5.74) is 3.31. The van der Waals surface area contributed by atoms with Crippen LogP contribution in [0.5, 0.6) is 0 Å². The van der Waals surface area contributed by atoms with Gasteiger partial charge in [-0.15, -0.1) is 0 Å². The maximum absolute atomic E-state index is 12.1. The van der Waals surface area contributed by atoms with Gasteiger partial charge in [0, 0.05) is 25.4 Å². The second-order valence-corrected chi connectivity index (χ2v) is 7.77. The molecule has 1 heterocycles. The SMILES string of the molecule is CC(=O)N1[C@H](CO)[C@H](c2ccc(-c3ccccc3)cc2)[C@@H]1CNC(=O)NC(C)C.